The number of carbonyl (C=O) groups excluding carboxylic acids is 1. The Morgan fingerprint density at radius 1 is 1.00 bits per heavy atom. The Morgan fingerprint density at radius 2 is 1.62 bits per heavy atom. The Labute approximate surface area is 180 Å². The summed E-state index contributed by atoms with van der Waals surface area (Å²) in [5.41, 5.74) is 3.27. The van der Waals surface area contributed by atoms with Crippen molar-refractivity contribution < 1.29 is 9.90 Å². The number of nitrogens with zero attached hydrogens (tertiary/aromatic N) is 1. The second-order valence-corrected chi connectivity index (χ2v) is 10.2. The lowest BCUT2D eigenvalue weighted by atomic mass is 9.79. The third kappa shape index (κ3) is 4.30. The first-order valence-electron chi connectivity index (χ1n) is 9.62. The van der Waals surface area contributed by atoms with E-state index in [4.69, 9.17) is 0 Å². The molecule has 0 aliphatic rings. The Morgan fingerprint density at radius 3 is 2.24 bits per heavy atom. The summed E-state index contributed by atoms with van der Waals surface area (Å²) in [6.45, 7) is 12.5. The van der Waals surface area contributed by atoms with Crippen LogP contribution < -0.4 is 5.32 Å². The van der Waals surface area contributed by atoms with E-state index < -0.39 is 0 Å². The van der Waals surface area contributed by atoms with Crippen molar-refractivity contribution in [1.29, 1.82) is 0 Å². The molecule has 0 saturated heterocycles. The zero-order chi connectivity index (χ0) is 21.6. The number of fused-ring (bicyclic) bond motifs is 1. The van der Waals surface area contributed by atoms with Crippen LogP contribution in [-0.4, -0.2) is 16.0 Å². The van der Waals surface area contributed by atoms with E-state index in [0.29, 0.717) is 15.7 Å². The van der Waals surface area contributed by atoms with Crippen molar-refractivity contribution in [1.82, 2.24) is 4.98 Å². The number of nitrogens with one attached hydrogen (secondary N) is 1. The average Bonchev–Trinajstić information content (AvgIpc) is 2.60. The summed E-state index contributed by atoms with van der Waals surface area (Å²) in [5.74, 6) is -0.0972. The number of para-hydroxylation sites is 1. The SMILES string of the molecule is CC(C)(C)c1cc(C(C)(C)C)c(NC(=O)c2cnc3ccccc3c2Br)cc1O. The molecule has 0 saturated carbocycles. The van der Waals surface area contributed by atoms with Gasteiger partial charge in [0.05, 0.1) is 11.1 Å². The van der Waals surface area contributed by atoms with Crippen molar-refractivity contribution >= 4 is 38.4 Å². The van der Waals surface area contributed by atoms with Crippen LogP contribution in [0.5, 0.6) is 5.75 Å². The first-order chi connectivity index (χ1) is 13.4. The molecule has 0 atom stereocenters. The topological polar surface area (TPSA) is 62.2 Å². The highest BCUT2D eigenvalue weighted by Crippen LogP contribution is 2.40. The maximum absolute atomic E-state index is 13.1. The lowest BCUT2D eigenvalue weighted by Crippen LogP contribution is -2.21. The molecule has 1 aromatic heterocycles. The Bertz CT molecular complexity index is 1090. The Balaban J connectivity index is 2.07. The van der Waals surface area contributed by atoms with Crippen LogP contribution in [0.2, 0.25) is 0 Å². The maximum atomic E-state index is 13.1. The molecular weight excluding hydrogens is 428 g/mol. The number of rotatable bonds is 2. The summed E-state index contributed by atoms with van der Waals surface area (Å²) >= 11 is 3.56. The second-order valence-electron chi connectivity index (χ2n) is 9.37. The summed E-state index contributed by atoms with van der Waals surface area (Å²) in [7, 11) is 0. The molecule has 1 amide bonds. The van der Waals surface area contributed by atoms with Gasteiger partial charge in [-0.3, -0.25) is 9.78 Å². The standard InChI is InChI=1S/C24H27BrN2O2/c1-23(2,3)16-11-17(24(4,5)6)20(28)12-19(16)27-22(29)15-13-26-18-10-8-7-9-14(18)21(15)25/h7-13,28H,1-6H3,(H,27,29). The predicted octanol–water partition coefficient (Wildman–Crippen LogP) is 6.55. The molecule has 1 heterocycles. The first kappa shape index (κ1) is 21.3. The molecule has 0 radical (unpaired) electrons. The van der Waals surface area contributed by atoms with Crippen LogP contribution in [0.4, 0.5) is 5.69 Å². The lowest BCUT2D eigenvalue weighted by Gasteiger charge is -2.28. The minimum Gasteiger partial charge on any atom is -0.508 e. The number of hydrogen-bond donors (Lipinski definition) is 2. The molecule has 5 heteroatoms. The molecular formula is C24H27BrN2O2. The van der Waals surface area contributed by atoms with E-state index >= 15 is 0 Å². The van der Waals surface area contributed by atoms with Gasteiger partial charge in [-0.25, -0.2) is 0 Å². The van der Waals surface area contributed by atoms with E-state index in [0.717, 1.165) is 22.0 Å². The molecule has 0 aliphatic carbocycles. The molecule has 3 rings (SSSR count). The third-order valence-corrected chi connectivity index (χ3v) is 5.81. The summed E-state index contributed by atoms with van der Waals surface area (Å²) in [5, 5.41) is 14.5. The van der Waals surface area contributed by atoms with Crippen molar-refractivity contribution in [2.45, 2.75) is 52.4 Å². The highest BCUT2D eigenvalue weighted by Gasteiger charge is 2.26. The second kappa shape index (κ2) is 7.45. The van der Waals surface area contributed by atoms with Crippen LogP contribution >= 0.6 is 15.9 Å². The molecule has 0 aliphatic heterocycles. The van der Waals surface area contributed by atoms with E-state index in [1.54, 1.807) is 12.3 Å². The number of amides is 1. The fourth-order valence-corrected chi connectivity index (χ4v) is 3.99. The fourth-order valence-electron chi connectivity index (χ4n) is 3.37. The average molecular weight is 455 g/mol. The molecule has 0 bridgehead atoms. The van der Waals surface area contributed by atoms with Crippen molar-refractivity contribution in [3.8, 4) is 5.75 Å². The van der Waals surface area contributed by atoms with Gasteiger partial charge in [0.1, 0.15) is 5.75 Å². The van der Waals surface area contributed by atoms with Crippen molar-refractivity contribution in [3.05, 3.63) is 63.8 Å². The summed E-state index contributed by atoms with van der Waals surface area (Å²) in [4.78, 5) is 17.5. The number of benzene rings is 2. The smallest absolute Gasteiger partial charge is 0.258 e. The van der Waals surface area contributed by atoms with Crippen molar-refractivity contribution in [2.75, 3.05) is 5.32 Å². The van der Waals surface area contributed by atoms with Crippen LogP contribution in [-0.2, 0) is 10.8 Å². The van der Waals surface area contributed by atoms with Crippen LogP contribution in [0.25, 0.3) is 10.9 Å². The van der Waals surface area contributed by atoms with E-state index in [1.165, 1.54) is 0 Å². The number of phenolic OH excluding ortho intramolecular Hbond substituents is 1. The number of anilines is 1. The molecule has 4 nitrogen and oxygen atoms in total. The molecule has 0 unspecified atom stereocenters. The van der Waals surface area contributed by atoms with Gasteiger partial charge in [0, 0.05) is 27.8 Å². The monoisotopic (exact) mass is 454 g/mol. The number of halogens is 1. The predicted molar refractivity (Wildman–Crippen MR) is 123 cm³/mol. The van der Waals surface area contributed by atoms with Gasteiger partial charge >= 0.3 is 0 Å². The van der Waals surface area contributed by atoms with Gasteiger partial charge in [-0.05, 0) is 50.0 Å². The molecule has 0 spiro atoms. The van der Waals surface area contributed by atoms with E-state index in [1.807, 2.05) is 30.3 Å². The number of aromatic nitrogens is 1. The first-order valence-corrected chi connectivity index (χ1v) is 10.4. The highest BCUT2D eigenvalue weighted by molar-refractivity contribution is 9.10. The van der Waals surface area contributed by atoms with Gasteiger partial charge in [0.15, 0.2) is 0 Å². The zero-order valence-electron chi connectivity index (χ0n) is 17.7. The minimum absolute atomic E-state index is 0.177. The van der Waals surface area contributed by atoms with Gasteiger partial charge in [-0.15, -0.1) is 0 Å². The van der Waals surface area contributed by atoms with Gasteiger partial charge in [0.25, 0.3) is 5.91 Å². The molecule has 2 N–H and O–H groups in total. The number of aromatic hydroxyl groups is 1. The molecule has 0 fully saturated rings. The quantitative estimate of drug-likeness (QED) is 0.461. The van der Waals surface area contributed by atoms with E-state index in [2.05, 4.69) is 67.8 Å². The zero-order valence-corrected chi connectivity index (χ0v) is 19.3. The van der Waals surface area contributed by atoms with Crippen LogP contribution in [0.15, 0.2) is 47.1 Å². The number of pyridine rings is 1. The number of phenols is 1. The van der Waals surface area contributed by atoms with Gasteiger partial charge < -0.3 is 10.4 Å². The maximum Gasteiger partial charge on any atom is 0.258 e. The lowest BCUT2D eigenvalue weighted by molar-refractivity contribution is 0.102. The highest BCUT2D eigenvalue weighted by atomic mass is 79.9. The summed E-state index contributed by atoms with van der Waals surface area (Å²) in [6, 6.07) is 11.3. The van der Waals surface area contributed by atoms with Crippen LogP contribution in [0.3, 0.4) is 0 Å². The van der Waals surface area contributed by atoms with E-state index in [9.17, 15) is 9.90 Å². The summed E-state index contributed by atoms with van der Waals surface area (Å²) in [6.07, 6.45) is 1.57. The van der Waals surface area contributed by atoms with Crippen molar-refractivity contribution in [3.63, 3.8) is 0 Å². The normalized spacial score (nSPS) is 12.2. The largest absolute Gasteiger partial charge is 0.508 e. The third-order valence-electron chi connectivity index (χ3n) is 4.95. The van der Waals surface area contributed by atoms with Gasteiger partial charge in [0.2, 0.25) is 0 Å². The summed E-state index contributed by atoms with van der Waals surface area (Å²) < 4.78 is 0.702. The molecule has 29 heavy (non-hydrogen) atoms. The molecule has 3 aromatic rings. The van der Waals surface area contributed by atoms with Crippen LogP contribution in [0, 0.1) is 0 Å². The minimum atomic E-state index is -0.275. The van der Waals surface area contributed by atoms with Gasteiger partial charge in [-0.2, -0.15) is 0 Å². The Hall–Kier alpha value is -2.40. The van der Waals surface area contributed by atoms with E-state index in [-0.39, 0.29) is 22.5 Å². The van der Waals surface area contributed by atoms with Gasteiger partial charge in [-0.1, -0.05) is 59.7 Å². The van der Waals surface area contributed by atoms with Crippen LogP contribution in [0.1, 0.15) is 63.0 Å². The van der Waals surface area contributed by atoms with Crippen molar-refractivity contribution in [2.24, 2.45) is 0 Å². The Kier molecular flexibility index (Phi) is 5.48. The molecule has 152 valence electrons. The number of carbonyl (C=O) groups is 1. The fraction of sp³-hybridized carbons (Fsp3) is 0.333. The number of hydrogen-bond acceptors (Lipinski definition) is 3. The molecule has 2 aromatic carbocycles.